The van der Waals surface area contributed by atoms with Gasteiger partial charge in [0.05, 0.1) is 5.92 Å². The SMILES string of the molecule is NCCCCCCc1nnc2n1CC(C(F)(F)F)CC2. The second kappa shape index (κ2) is 6.56. The van der Waals surface area contributed by atoms with Gasteiger partial charge in [0.15, 0.2) is 0 Å². The first-order valence-corrected chi connectivity index (χ1v) is 7.20. The standard InChI is InChI=1S/C13H21F3N4/c14-13(15,16)10-6-7-12-19-18-11(20(12)9-10)5-3-1-2-4-8-17/h10H,1-9,17H2. The van der Waals surface area contributed by atoms with Crippen LogP contribution in [0.2, 0.25) is 0 Å². The minimum absolute atomic E-state index is 0.0238. The Hall–Kier alpha value is -1.11. The molecule has 1 unspecified atom stereocenters. The normalized spacial score (nSPS) is 19.1. The van der Waals surface area contributed by atoms with E-state index in [1.54, 1.807) is 4.57 Å². The van der Waals surface area contributed by atoms with Crippen LogP contribution in [0.1, 0.15) is 43.8 Å². The predicted molar refractivity (Wildman–Crippen MR) is 69.1 cm³/mol. The minimum Gasteiger partial charge on any atom is -0.330 e. The third kappa shape index (κ3) is 3.71. The first-order chi connectivity index (χ1) is 9.52. The van der Waals surface area contributed by atoms with Crippen LogP contribution in [0.25, 0.3) is 0 Å². The molecule has 0 fully saturated rings. The summed E-state index contributed by atoms with van der Waals surface area (Å²) in [4.78, 5) is 0. The van der Waals surface area contributed by atoms with E-state index in [1.165, 1.54) is 0 Å². The average molecular weight is 290 g/mol. The molecular formula is C13H21F3N4. The predicted octanol–water partition coefficient (Wildman–Crippen LogP) is 2.46. The maximum absolute atomic E-state index is 12.8. The number of nitrogens with zero attached hydrogens (tertiary/aromatic N) is 3. The molecule has 0 aromatic carbocycles. The van der Waals surface area contributed by atoms with Gasteiger partial charge in [-0.05, 0) is 25.8 Å². The number of hydrogen-bond donors (Lipinski definition) is 1. The topological polar surface area (TPSA) is 56.7 Å². The number of fused-ring (bicyclic) bond motifs is 1. The van der Waals surface area contributed by atoms with Gasteiger partial charge in [-0.3, -0.25) is 0 Å². The second-order valence-corrected chi connectivity index (χ2v) is 5.37. The van der Waals surface area contributed by atoms with Crippen molar-refractivity contribution in [3.63, 3.8) is 0 Å². The number of halogens is 3. The van der Waals surface area contributed by atoms with Gasteiger partial charge in [0.2, 0.25) is 0 Å². The van der Waals surface area contributed by atoms with Crippen LogP contribution < -0.4 is 5.73 Å². The highest BCUT2D eigenvalue weighted by Crippen LogP contribution is 2.34. The minimum atomic E-state index is -4.12. The molecule has 0 amide bonds. The first kappa shape index (κ1) is 15.3. The van der Waals surface area contributed by atoms with E-state index in [1.807, 2.05) is 0 Å². The highest BCUT2D eigenvalue weighted by atomic mass is 19.4. The summed E-state index contributed by atoms with van der Waals surface area (Å²) < 4.78 is 40.1. The molecule has 2 heterocycles. The van der Waals surface area contributed by atoms with E-state index >= 15 is 0 Å². The third-order valence-corrected chi connectivity index (χ3v) is 3.84. The molecule has 4 nitrogen and oxygen atoms in total. The molecule has 1 aliphatic heterocycles. The molecule has 2 rings (SSSR count). The number of rotatable bonds is 6. The Kier molecular flexibility index (Phi) is 5.01. The average Bonchev–Trinajstić information content (AvgIpc) is 2.80. The van der Waals surface area contributed by atoms with Gasteiger partial charge in [-0.15, -0.1) is 10.2 Å². The van der Waals surface area contributed by atoms with Gasteiger partial charge < -0.3 is 10.3 Å². The molecule has 1 aliphatic rings. The van der Waals surface area contributed by atoms with Crippen LogP contribution in [0, 0.1) is 5.92 Å². The smallest absolute Gasteiger partial charge is 0.330 e. The summed E-state index contributed by atoms with van der Waals surface area (Å²) in [5.41, 5.74) is 5.42. The monoisotopic (exact) mass is 290 g/mol. The molecule has 1 aromatic rings. The second-order valence-electron chi connectivity index (χ2n) is 5.37. The van der Waals surface area contributed by atoms with Crippen molar-refractivity contribution in [3.8, 4) is 0 Å². The number of aryl methyl sites for hydroxylation is 2. The molecule has 0 spiro atoms. The van der Waals surface area contributed by atoms with Crippen molar-refractivity contribution in [1.29, 1.82) is 0 Å². The largest absolute Gasteiger partial charge is 0.393 e. The molecule has 20 heavy (non-hydrogen) atoms. The van der Waals surface area contributed by atoms with Crippen molar-refractivity contribution in [1.82, 2.24) is 14.8 Å². The van der Waals surface area contributed by atoms with Gasteiger partial charge in [-0.1, -0.05) is 12.8 Å². The highest BCUT2D eigenvalue weighted by Gasteiger charge is 2.42. The van der Waals surface area contributed by atoms with Gasteiger partial charge in [0.25, 0.3) is 0 Å². The molecule has 1 atom stereocenters. The number of hydrogen-bond acceptors (Lipinski definition) is 3. The summed E-state index contributed by atoms with van der Waals surface area (Å²) in [6.07, 6.45) is 1.07. The van der Waals surface area contributed by atoms with Crippen LogP contribution in [0.15, 0.2) is 0 Å². The summed E-state index contributed by atoms with van der Waals surface area (Å²) in [5.74, 6) is 0.131. The Morgan fingerprint density at radius 3 is 2.60 bits per heavy atom. The molecular weight excluding hydrogens is 269 g/mol. The number of unbranched alkanes of at least 4 members (excludes halogenated alkanes) is 3. The zero-order valence-electron chi connectivity index (χ0n) is 11.5. The van der Waals surface area contributed by atoms with Crippen LogP contribution in [-0.2, 0) is 19.4 Å². The lowest BCUT2D eigenvalue weighted by Gasteiger charge is -2.26. The summed E-state index contributed by atoms with van der Waals surface area (Å²) >= 11 is 0. The molecule has 0 saturated heterocycles. The highest BCUT2D eigenvalue weighted by molar-refractivity contribution is 5.01. The van der Waals surface area contributed by atoms with E-state index in [2.05, 4.69) is 10.2 Å². The van der Waals surface area contributed by atoms with Crippen LogP contribution in [-0.4, -0.2) is 27.5 Å². The summed E-state index contributed by atoms with van der Waals surface area (Å²) in [7, 11) is 0. The van der Waals surface area contributed by atoms with E-state index < -0.39 is 12.1 Å². The van der Waals surface area contributed by atoms with E-state index in [0.29, 0.717) is 31.0 Å². The van der Waals surface area contributed by atoms with Gasteiger partial charge >= 0.3 is 6.18 Å². The van der Waals surface area contributed by atoms with Crippen LogP contribution in [0.4, 0.5) is 13.2 Å². The fourth-order valence-electron chi connectivity index (χ4n) is 2.62. The van der Waals surface area contributed by atoms with Crippen molar-refractivity contribution in [3.05, 3.63) is 11.6 Å². The molecule has 0 aliphatic carbocycles. The zero-order valence-corrected chi connectivity index (χ0v) is 11.5. The maximum Gasteiger partial charge on any atom is 0.393 e. The van der Waals surface area contributed by atoms with Crippen molar-refractivity contribution >= 4 is 0 Å². The lowest BCUT2D eigenvalue weighted by atomic mass is 9.98. The first-order valence-electron chi connectivity index (χ1n) is 7.20. The van der Waals surface area contributed by atoms with Crippen molar-refractivity contribution in [2.24, 2.45) is 11.7 Å². The number of aromatic nitrogens is 3. The van der Waals surface area contributed by atoms with Gasteiger partial charge in [0, 0.05) is 19.4 Å². The zero-order chi connectivity index (χ0) is 14.6. The Morgan fingerprint density at radius 1 is 1.15 bits per heavy atom. The Bertz CT molecular complexity index is 428. The summed E-state index contributed by atoms with van der Waals surface area (Å²) in [6.45, 7) is 0.664. The van der Waals surface area contributed by atoms with Gasteiger partial charge in [-0.25, -0.2) is 0 Å². The molecule has 114 valence electrons. The van der Waals surface area contributed by atoms with E-state index in [4.69, 9.17) is 5.73 Å². The Balaban J connectivity index is 1.92. The molecule has 7 heteroatoms. The molecule has 2 N–H and O–H groups in total. The molecule has 1 aromatic heterocycles. The molecule has 0 radical (unpaired) electrons. The molecule has 0 saturated carbocycles. The Morgan fingerprint density at radius 2 is 1.90 bits per heavy atom. The van der Waals surface area contributed by atoms with Crippen molar-refractivity contribution < 1.29 is 13.2 Å². The van der Waals surface area contributed by atoms with Crippen LogP contribution >= 0.6 is 0 Å². The van der Waals surface area contributed by atoms with E-state index in [-0.39, 0.29) is 13.0 Å². The number of nitrogens with two attached hydrogens (primary N) is 1. The molecule has 0 bridgehead atoms. The maximum atomic E-state index is 12.8. The lowest BCUT2D eigenvalue weighted by Crippen LogP contribution is -2.32. The number of alkyl halides is 3. The van der Waals surface area contributed by atoms with Crippen LogP contribution in [0.5, 0.6) is 0 Å². The third-order valence-electron chi connectivity index (χ3n) is 3.84. The van der Waals surface area contributed by atoms with E-state index in [9.17, 15) is 13.2 Å². The van der Waals surface area contributed by atoms with Crippen molar-refractivity contribution in [2.45, 2.75) is 57.7 Å². The van der Waals surface area contributed by atoms with Gasteiger partial charge in [0.1, 0.15) is 11.6 Å². The van der Waals surface area contributed by atoms with Crippen molar-refractivity contribution in [2.75, 3.05) is 6.54 Å². The quantitative estimate of drug-likeness (QED) is 0.819. The van der Waals surface area contributed by atoms with Gasteiger partial charge in [-0.2, -0.15) is 13.2 Å². The Labute approximate surface area is 116 Å². The fraction of sp³-hybridized carbons (Fsp3) is 0.846. The summed E-state index contributed by atoms with van der Waals surface area (Å²) in [5, 5.41) is 8.07. The lowest BCUT2D eigenvalue weighted by molar-refractivity contribution is -0.182. The van der Waals surface area contributed by atoms with E-state index in [0.717, 1.165) is 25.7 Å². The fourth-order valence-corrected chi connectivity index (χ4v) is 2.62. The summed E-state index contributed by atoms with van der Waals surface area (Å²) in [6, 6.07) is 0. The van der Waals surface area contributed by atoms with Crippen LogP contribution in [0.3, 0.4) is 0 Å².